The van der Waals surface area contributed by atoms with Gasteiger partial charge in [0.25, 0.3) is 0 Å². The number of hydrogen-bond donors (Lipinski definition) is 3. The lowest BCUT2D eigenvalue weighted by atomic mass is 10.3. The lowest BCUT2D eigenvalue weighted by molar-refractivity contribution is 0.0727. The van der Waals surface area contributed by atoms with Crippen LogP contribution in [0.25, 0.3) is 0 Å². The molecule has 0 bridgehead atoms. The molecule has 0 saturated heterocycles. The van der Waals surface area contributed by atoms with Crippen molar-refractivity contribution >= 4 is 11.6 Å². The molecule has 0 amide bonds. The predicted molar refractivity (Wildman–Crippen MR) is 66.8 cm³/mol. The van der Waals surface area contributed by atoms with Gasteiger partial charge in [0.1, 0.15) is 17.5 Å². The number of nitrogens with two attached hydrogens (primary N) is 1. The Balaban J connectivity index is 2.57. The van der Waals surface area contributed by atoms with Crippen LogP contribution in [0, 0.1) is 0 Å². The highest BCUT2D eigenvalue weighted by molar-refractivity contribution is 5.44. The molecule has 6 nitrogen and oxygen atoms in total. The van der Waals surface area contributed by atoms with E-state index >= 15 is 0 Å². The molecular formula is C11H20N4O2. The van der Waals surface area contributed by atoms with E-state index in [0.29, 0.717) is 18.2 Å². The molecule has 1 unspecified atom stereocenters. The molecule has 0 aliphatic carbocycles. The molecular weight excluding hydrogens is 220 g/mol. The Morgan fingerprint density at radius 1 is 1.53 bits per heavy atom. The molecule has 0 aromatic carbocycles. The quantitative estimate of drug-likeness (QED) is 0.640. The lowest BCUT2D eigenvalue weighted by Crippen LogP contribution is -2.24. The first-order valence-electron chi connectivity index (χ1n) is 5.70. The van der Waals surface area contributed by atoms with Crippen LogP contribution in [0.1, 0.15) is 19.2 Å². The number of aliphatic hydroxyl groups excluding tert-OH is 1. The second-order valence-corrected chi connectivity index (χ2v) is 3.83. The van der Waals surface area contributed by atoms with Gasteiger partial charge >= 0.3 is 0 Å². The number of aliphatic hydroxyl groups is 1. The van der Waals surface area contributed by atoms with E-state index in [1.165, 1.54) is 0 Å². The first-order valence-corrected chi connectivity index (χ1v) is 5.70. The van der Waals surface area contributed by atoms with E-state index in [1.54, 1.807) is 13.2 Å². The van der Waals surface area contributed by atoms with Crippen molar-refractivity contribution in [1.82, 2.24) is 9.97 Å². The van der Waals surface area contributed by atoms with Crippen molar-refractivity contribution in [2.45, 2.75) is 25.9 Å². The van der Waals surface area contributed by atoms with Gasteiger partial charge in [0.2, 0.25) is 0 Å². The Morgan fingerprint density at radius 3 is 2.94 bits per heavy atom. The zero-order valence-electron chi connectivity index (χ0n) is 10.3. The summed E-state index contributed by atoms with van der Waals surface area (Å²) in [6.45, 7) is 2.72. The van der Waals surface area contributed by atoms with Crippen LogP contribution in [-0.2, 0) is 11.2 Å². The molecule has 0 spiro atoms. The minimum atomic E-state index is -0.564. The second kappa shape index (κ2) is 7.03. The Labute approximate surface area is 101 Å². The summed E-state index contributed by atoms with van der Waals surface area (Å²) in [5, 5.41) is 12.5. The van der Waals surface area contributed by atoms with Gasteiger partial charge in [0.15, 0.2) is 0 Å². The highest BCUT2D eigenvalue weighted by Crippen LogP contribution is 2.09. The topological polar surface area (TPSA) is 93.3 Å². The van der Waals surface area contributed by atoms with Crippen molar-refractivity contribution in [3.8, 4) is 0 Å². The van der Waals surface area contributed by atoms with E-state index in [1.807, 2.05) is 0 Å². The van der Waals surface area contributed by atoms with Gasteiger partial charge in [-0.3, -0.25) is 0 Å². The normalized spacial score (nSPS) is 12.4. The van der Waals surface area contributed by atoms with E-state index < -0.39 is 6.10 Å². The summed E-state index contributed by atoms with van der Waals surface area (Å²) in [5.41, 5.74) is 5.68. The molecule has 0 aliphatic rings. The van der Waals surface area contributed by atoms with Gasteiger partial charge in [0, 0.05) is 26.1 Å². The SMILES string of the molecule is CCCc1nc(N)cc(NCC(O)COC)n1. The predicted octanol–water partition coefficient (Wildman–Crippen LogP) is 0.430. The molecule has 0 fully saturated rings. The lowest BCUT2D eigenvalue weighted by Gasteiger charge is -2.12. The molecule has 96 valence electrons. The van der Waals surface area contributed by atoms with E-state index in [0.717, 1.165) is 18.7 Å². The number of aromatic nitrogens is 2. The number of nitrogens with one attached hydrogen (secondary N) is 1. The van der Waals surface area contributed by atoms with Crippen LogP contribution < -0.4 is 11.1 Å². The molecule has 1 aromatic rings. The first-order chi connectivity index (χ1) is 8.15. The molecule has 1 rings (SSSR count). The smallest absolute Gasteiger partial charge is 0.133 e. The summed E-state index contributed by atoms with van der Waals surface area (Å²) < 4.78 is 4.83. The number of methoxy groups -OCH3 is 1. The average molecular weight is 240 g/mol. The maximum Gasteiger partial charge on any atom is 0.133 e. The standard InChI is InChI=1S/C11H20N4O2/c1-3-4-10-14-9(12)5-11(15-10)13-6-8(16)7-17-2/h5,8,16H,3-4,6-7H2,1-2H3,(H3,12,13,14,15). The van der Waals surface area contributed by atoms with Gasteiger partial charge in [-0.1, -0.05) is 6.92 Å². The summed E-state index contributed by atoms with van der Waals surface area (Å²) >= 11 is 0. The zero-order chi connectivity index (χ0) is 12.7. The van der Waals surface area contributed by atoms with Gasteiger partial charge in [-0.2, -0.15) is 0 Å². The maximum atomic E-state index is 9.49. The largest absolute Gasteiger partial charge is 0.389 e. The first kappa shape index (κ1) is 13.7. The Hall–Kier alpha value is -1.40. The Kier molecular flexibility index (Phi) is 5.65. The fraction of sp³-hybridized carbons (Fsp3) is 0.636. The third-order valence-corrected chi connectivity index (χ3v) is 2.14. The number of nitrogen functional groups attached to an aromatic ring is 1. The van der Waals surface area contributed by atoms with Crippen molar-refractivity contribution in [2.75, 3.05) is 31.3 Å². The maximum absolute atomic E-state index is 9.49. The summed E-state index contributed by atoms with van der Waals surface area (Å²) in [6, 6.07) is 1.65. The molecule has 1 heterocycles. The van der Waals surface area contributed by atoms with Crippen LogP contribution in [0.15, 0.2) is 6.07 Å². The fourth-order valence-electron chi connectivity index (χ4n) is 1.42. The van der Waals surface area contributed by atoms with Crippen LogP contribution in [0.2, 0.25) is 0 Å². The Bertz CT molecular complexity index is 346. The number of hydrogen-bond acceptors (Lipinski definition) is 6. The summed E-state index contributed by atoms with van der Waals surface area (Å²) in [7, 11) is 1.55. The van der Waals surface area contributed by atoms with Crippen LogP contribution in [0.3, 0.4) is 0 Å². The van der Waals surface area contributed by atoms with Gasteiger partial charge < -0.3 is 20.9 Å². The van der Waals surface area contributed by atoms with Crippen molar-refractivity contribution in [3.63, 3.8) is 0 Å². The van der Waals surface area contributed by atoms with Crippen LogP contribution >= 0.6 is 0 Å². The van der Waals surface area contributed by atoms with Gasteiger partial charge in [0.05, 0.1) is 12.7 Å². The molecule has 0 aliphatic heterocycles. The van der Waals surface area contributed by atoms with E-state index in [4.69, 9.17) is 10.5 Å². The van der Waals surface area contributed by atoms with Gasteiger partial charge in [-0.25, -0.2) is 9.97 Å². The third-order valence-electron chi connectivity index (χ3n) is 2.14. The summed E-state index contributed by atoms with van der Waals surface area (Å²) in [6.07, 6.45) is 1.20. The molecule has 17 heavy (non-hydrogen) atoms. The zero-order valence-corrected chi connectivity index (χ0v) is 10.3. The van der Waals surface area contributed by atoms with Crippen molar-refractivity contribution in [3.05, 3.63) is 11.9 Å². The molecule has 4 N–H and O–H groups in total. The fourth-order valence-corrected chi connectivity index (χ4v) is 1.42. The van der Waals surface area contributed by atoms with E-state index in [-0.39, 0.29) is 6.61 Å². The van der Waals surface area contributed by atoms with Crippen LogP contribution in [0.4, 0.5) is 11.6 Å². The summed E-state index contributed by atoms with van der Waals surface area (Å²) in [5.74, 6) is 1.79. The van der Waals surface area contributed by atoms with Crippen LogP contribution in [-0.4, -0.2) is 41.4 Å². The number of rotatable bonds is 7. The monoisotopic (exact) mass is 240 g/mol. The third kappa shape index (κ3) is 4.97. The molecule has 0 radical (unpaired) electrons. The number of anilines is 2. The van der Waals surface area contributed by atoms with E-state index in [9.17, 15) is 5.11 Å². The van der Waals surface area contributed by atoms with E-state index in [2.05, 4.69) is 22.2 Å². The number of nitrogens with zero attached hydrogens (tertiary/aromatic N) is 2. The highest BCUT2D eigenvalue weighted by atomic mass is 16.5. The average Bonchev–Trinajstić information content (AvgIpc) is 2.26. The minimum absolute atomic E-state index is 0.287. The van der Waals surface area contributed by atoms with Crippen molar-refractivity contribution in [2.24, 2.45) is 0 Å². The number of aryl methyl sites for hydroxylation is 1. The van der Waals surface area contributed by atoms with Gasteiger partial charge in [-0.15, -0.1) is 0 Å². The molecule has 6 heteroatoms. The number of ether oxygens (including phenoxy) is 1. The Morgan fingerprint density at radius 2 is 2.29 bits per heavy atom. The highest BCUT2D eigenvalue weighted by Gasteiger charge is 2.05. The van der Waals surface area contributed by atoms with Crippen molar-refractivity contribution in [1.29, 1.82) is 0 Å². The second-order valence-electron chi connectivity index (χ2n) is 3.83. The van der Waals surface area contributed by atoms with Crippen LogP contribution in [0.5, 0.6) is 0 Å². The van der Waals surface area contributed by atoms with Crippen molar-refractivity contribution < 1.29 is 9.84 Å². The molecule has 1 atom stereocenters. The minimum Gasteiger partial charge on any atom is -0.389 e. The van der Waals surface area contributed by atoms with Gasteiger partial charge in [-0.05, 0) is 6.42 Å². The summed E-state index contributed by atoms with van der Waals surface area (Å²) in [4.78, 5) is 8.43. The molecule has 0 saturated carbocycles. The molecule has 1 aromatic heterocycles.